The van der Waals surface area contributed by atoms with Crippen molar-refractivity contribution in [1.29, 1.82) is 0 Å². The van der Waals surface area contributed by atoms with E-state index in [9.17, 15) is 4.79 Å². The maximum absolute atomic E-state index is 11.2. The van der Waals surface area contributed by atoms with Crippen LogP contribution in [-0.4, -0.2) is 18.5 Å². The SMILES string of the molecule is CNC(=O)c1ccc(CNC(C)(C)C)o1. The van der Waals surface area contributed by atoms with Crippen LogP contribution in [0.15, 0.2) is 16.5 Å². The van der Waals surface area contributed by atoms with Crippen LogP contribution in [0.2, 0.25) is 0 Å². The van der Waals surface area contributed by atoms with Gasteiger partial charge in [0, 0.05) is 12.6 Å². The van der Waals surface area contributed by atoms with Crippen LogP contribution >= 0.6 is 0 Å². The van der Waals surface area contributed by atoms with E-state index < -0.39 is 0 Å². The maximum atomic E-state index is 11.2. The molecule has 15 heavy (non-hydrogen) atoms. The van der Waals surface area contributed by atoms with E-state index in [-0.39, 0.29) is 11.4 Å². The number of hydrogen-bond acceptors (Lipinski definition) is 3. The number of nitrogens with one attached hydrogen (secondary N) is 2. The van der Waals surface area contributed by atoms with Crippen molar-refractivity contribution in [1.82, 2.24) is 10.6 Å². The van der Waals surface area contributed by atoms with Gasteiger partial charge in [0.25, 0.3) is 5.91 Å². The van der Waals surface area contributed by atoms with Crippen LogP contribution in [0.5, 0.6) is 0 Å². The monoisotopic (exact) mass is 210 g/mol. The van der Waals surface area contributed by atoms with Gasteiger partial charge >= 0.3 is 0 Å². The van der Waals surface area contributed by atoms with E-state index in [1.54, 1.807) is 13.1 Å². The highest BCUT2D eigenvalue weighted by Gasteiger charge is 2.12. The third kappa shape index (κ3) is 3.75. The molecular formula is C11H18N2O2. The Balaban J connectivity index is 2.57. The van der Waals surface area contributed by atoms with Crippen molar-refractivity contribution in [3.05, 3.63) is 23.7 Å². The Kier molecular flexibility index (Phi) is 3.52. The second kappa shape index (κ2) is 4.49. The molecule has 0 fully saturated rings. The van der Waals surface area contributed by atoms with Crippen LogP contribution < -0.4 is 10.6 Å². The first-order valence-corrected chi connectivity index (χ1v) is 4.98. The van der Waals surface area contributed by atoms with Crippen LogP contribution in [0.25, 0.3) is 0 Å². The van der Waals surface area contributed by atoms with Gasteiger partial charge in [0.15, 0.2) is 5.76 Å². The third-order valence-electron chi connectivity index (χ3n) is 1.91. The molecule has 0 radical (unpaired) electrons. The van der Waals surface area contributed by atoms with Crippen LogP contribution in [0.1, 0.15) is 37.1 Å². The molecule has 0 spiro atoms. The van der Waals surface area contributed by atoms with E-state index in [2.05, 4.69) is 31.4 Å². The minimum absolute atomic E-state index is 0.0416. The fraction of sp³-hybridized carbons (Fsp3) is 0.545. The van der Waals surface area contributed by atoms with Crippen molar-refractivity contribution < 1.29 is 9.21 Å². The smallest absolute Gasteiger partial charge is 0.286 e. The highest BCUT2D eigenvalue weighted by molar-refractivity contribution is 5.91. The summed E-state index contributed by atoms with van der Waals surface area (Å²) in [5.41, 5.74) is 0.0416. The van der Waals surface area contributed by atoms with E-state index in [0.717, 1.165) is 5.76 Å². The molecular weight excluding hydrogens is 192 g/mol. The van der Waals surface area contributed by atoms with Gasteiger partial charge in [-0.15, -0.1) is 0 Å². The zero-order valence-electron chi connectivity index (χ0n) is 9.68. The van der Waals surface area contributed by atoms with Crippen LogP contribution in [-0.2, 0) is 6.54 Å². The number of amides is 1. The highest BCUT2D eigenvalue weighted by atomic mass is 16.4. The van der Waals surface area contributed by atoms with Crippen molar-refractivity contribution in [3.63, 3.8) is 0 Å². The molecule has 1 rings (SSSR count). The Morgan fingerprint density at radius 1 is 1.40 bits per heavy atom. The molecule has 0 saturated heterocycles. The normalized spacial score (nSPS) is 11.5. The lowest BCUT2D eigenvalue weighted by Crippen LogP contribution is -2.34. The quantitative estimate of drug-likeness (QED) is 0.795. The van der Waals surface area contributed by atoms with Crippen LogP contribution in [0, 0.1) is 0 Å². The van der Waals surface area contributed by atoms with Gasteiger partial charge in [-0.3, -0.25) is 4.79 Å². The Labute approximate surface area is 90.0 Å². The van der Waals surface area contributed by atoms with Gasteiger partial charge in [0.05, 0.1) is 6.54 Å². The summed E-state index contributed by atoms with van der Waals surface area (Å²) in [6, 6.07) is 3.49. The molecule has 4 nitrogen and oxygen atoms in total. The predicted molar refractivity (Wildman–Crippen MR) is 58.7 cm³/mol. The molecule has 0 saturated carbocycles. The van der Waals surface area contributed by atoms with Crippen molar-refractivity contribution in [3.8, 4) is 0 Å². The molecule has 1 heterocycles. The van der Waals surface area contributed by atoms with Crippen molar-refractivity contribution in [2.75, 3.05) is 7.05 Å². The molecule has 1 aromatic rings. The van der Waals surface area contributed by atoms with E-state index >= 15 is 0 Å². The van der Waals surface area contributed by atoms with Crippen LogP contribution in [0.3, 0.4) is 0 Å². The minimum Gasteiger partial charge on any atom is -0.455 e. The zero-order valence-corrected chi connectivity index (χ0v) is 9.68. The fourth-order valence-corrected chi connectivity index (χ4v) is 1.07. The molecule has 0 aliphatic heterocycles. The minimum atomic E-state index is -0.197. The standard InChI is InChI=1S/C11H18N2O2/c1-11(2,3)13-7-8-5-6-9(15-8)10(14)12-4/h5-6,13H,7H2,1-4H3,(H,12,14). The van der Waals surface area contributed by atoms with Gasteiger partial charge < -0.3 is 15.1 Å². The van der Waals surface area contributed by atoms with Gasteiger partial charge in [0.2, 0.25) is 0 Å². The summed E-state index contributed by atoms with van der Waals surface area (Å²) >= 11 is 0. The van der Waals surface area contributed by atoms with Crippen LogP contribution in [0.4, 0.5) is 0 Å². The molecule has 2 N–H and O–H groups in total. The van der Waals surface area contributed by atoms with Gasteiger partial charge in [-0.2, -0.15) is 0 Å². The Hall–Kier alpha value is -1.29. The first kappa shape index (κ1) is 11.8. The fourth-order valence-electron chi connectivity index (χ4n) is 1.07. The number of furan rings is 1. The topological polar surface area (TPSA) is 54.3 Å². The lowest BCUT2D eigenvalue weighted by molar-refractivity contribution is 0.0933. The summed E-state index contributed by atoms with van der Waals surface area (Å²) < 4.78 is 5.36. The molecule has 0 aliphatic carbocycles. The van der Waals surface area contributed by atoms with Crippen molar-refractivity contribution >= 4 is 5.91 Å². The van der Waals surface area contributed by atoms with Gasteiger partial charge in [-0.05, 0) is 32.9 Å². The summed E-state index contributed by atoms with van der Waals surface area (Å²) in [7, 11) is 1.58. The highest BCUT2D eigenvalue weighted by Crippen LogP contribution is 2.09. The third-order valence-corrected chi connectivity index (χ3v) is 1.91. The van der Waals surface area contributed by atoms with E-state index in [1.165, 1.54) is 0 Å². The van der Waals surface area contributed by atoms with E-state index in [4.69, 9.17) is 4.42 Å². The molecule has 0 aromatic carbocycles. The first-order valence-electron chi connectivity index (χ1n) is 4.98. The largest absolute Gasteiger partial charge is 0.455 e. The number of hydrogen-bond donors (Lipinski definition) is 2. The summed E-state index contributed by atoms with van der Waals surface area (Å²) in [6.45, 7) is 6.86. The molecule has 1 aromatic heterocycles. The second-order valence-electron chi connectivity index (χ2n) is 4.45. The molecule has 84 valence electrons. The maximum Gasteiger partial charge on any atom is 0.286 e. The molecule has 1 amide bonds. The number of carbonyl (C=O) groups is 1. The van der Waals surface area contributed by atoms with Gasteiger partial charge in [-0.25, -0.2) is 0 Å². The van der Waals surface area contributed by atoms with E-state index in [0.29, 0.717) is 12.3 Å². The second-order valence-corrected chi connectivity index (χ2v) is 4.45. The molecule has 0 atom stereocenters. The zero-order chi connectivity index (χ0) is 11.5. The van der Waals surface area contributed by atoms with Gasteiger partial charge in [0.1, 0.15) is 5.76 Å². The molecule has 0 aliphatic rings. The number of rotatable bonds is 3. The lowest BCUT2D eigenvalue weighted by atomic mass is 10.1. The Bertz CT molecular complexity index is 337. The average molecular weight is 210 g/mol. The Morgan fingerprint density at radius 2 is 2.07 bits per heavy atom. The average Bonchev–Trinajstić information content (AvgIpc) is 2.61. The first-order chi connectivity index (χ1) is 6.92. The summed E-state index contributed by atoms with van der Waals surface area (Å²) in [4.78, 5) is 11.2. The lowest BCUT2D eigenvalue weighted by Gasteiger charge is -2.19. The molecule has 4 heteroatoms. The van der Waals surface area contributed by atoms with Crippen molar-refractivity contribution in [2.24, 2.45) is 0 Å². The summed E-state index contributed by atoms with van der Waals surface area (Å²) in [6.07, 6.45) is 0. The summed E-state index contributed by atoms with van der Waals surface area (Å²) in [5.74, 6) is 0.920. The predicted octanol–water partition coefficient (Wildman–Crippen LogP) is 1.53. The molecule has 0 unspecified atom stereocenters. The van der Waals surface area contributed by atoms with Crippen molar-refractivity contribution in [2.45, 2.75) is 32.9 Å². The van der Waals surface area contributed by atoms with Gasteiger partial charge in [-0.1, -0.05) is 0 Å². The summed E-state index contributed by atoms with van der Waals surface area (Å²) in [5, 5.41) is 5.80. The van der Waals surface area contributed by atoms with E-state index in [1.807, 2.05) is 6.07 Å². The molecule has 0 bridgehead atoms. The Morgan fingerprint density at radius 3 is 2.60 bits per heavy atom. The number of carbonyl (C=O) groups excluding carboxylic acids is 1.